The van der Waals surface area contributed by atoms with Gasteiger partial charge in [-0.25, -0.2) is 4.79 Å². The van der Waals surface area contributed by atoms with E-state index < -0.39 is 5.97 Å². The van der Waals surface area contributed by atoms with E-state index in [1.165, 1.54) is 0 Å². The maximum atomic E-state index is 11.6. The Labute approximate surface area is 111 Å². The van der Waals surface area contributed by atoms with Crippen LogP contribution < -0.4 is 0 Å². The van der Waals surface area contributed by atoms with Gasteiger partial charge < -0.3 is 9.15 Å². The average Bonchev–Trinajstić information content (AvgIpc) is 2.94. The van der Waals surface area contributed by atoms with Crippen molar-refractivity contribution >= 4 is 5.97 Å². The summed E-state index contributed by atoms with van der Waals surface area (Å²) in [7, 11) is 0. The van der Waals surface area contributed by atoms with Crippen molar-refractivity contribution in [3.05, 3.63) is 36.2 Å². The fourth-order valence-electron chi connectivity index (χ4n) is 1.58. The zero-order chi connectivity index (χ0) is 13.5. The molecule has 19 heavy (non-hydrogen) atoms. The van der Waals surface area contributed by atoms with Crippen LogP contribution in [0, 0.1) is 0 Å². The molecule has 5 nitrogen and oxygen atoms in total. The van der Waals surface area contributed by atoms with Gasteiger partial charge in [0.1, 0.15) is 0 Å². The lowest BCUT2D eigenvalue weighted by Crippen LogP contribution is -2.06. The molecule has 2 aromatic rings. The lowest BCUT2D eigenvalue weighted by atomic mass is 10.2. The Hall–Kier alpha value is -2.17. The number of unbranched alkanes of at least 4 members (excludes halogenated alkanes) is 2. The number of esters is 1. The van der Waals surface area contributed by atoms with Crippen LogP contribution in [0.25, 0.3) is 11.5 Å². The third-order valence-electron chi connectivity index (χ3n) is 2.60. The third-order valence-corrected chi connectivity index (χ3v) is 2.60. The van der Waals surface area contributed by atoms with E-state index in [0.717, 1.165) is 24.8 Å². The van der Waals surface area contributed by atoms with E-state index in [9.17, 15) is 4.79 Å². The highest BCUT2D eigenvalue weighted by molar-refractivity contribution is 5.84. The number of hydrogen-bond donors (Lipinski definition) is 0. The minimum atomic E-state index is -0.564. The lowest BCUT2D eigenvalue weighted by molar-refractivity contribution is 0.0453. The highest BCUT2D eigenvalue weighted by Crippen LogP contribution is 2.17. The molecule has 2 rings (SSSR count). The summed E-state index contributed by atoms with van der Waals surface area (Å²) in [5.74, 6) is -0.345. The largest absolute Gasteiger partial charge is 0.459 e. The number of hydrogen-bond acceptors (Lipinski definition) is 5. The molecule has 1 heterocycles. The summed E-state index contributed by atoms with van der Waals surface area (Å²) in [5, 5.41) is 7.53. The van der Waals surface area contributed by atoms with Crippen molar-refractivity contribution in [3.8, 4) is 11.5 Å². The molecular weight excluding hydrogens is 244 g/mol. The first-order chi connectivity index (χ1) is 9.31. The van der Waals surface area contributed by atoms with Crippen LogP contribution in [0.4, 0.5) is 0 Å². The summed E-state index contributed by atoms with van der Waals surface area (Å²) < 4.78 is 10.3. The summed E-state index contributed by atoms with van der Waals surface area (Å²) in [6.07, 6.45) is 2.96. The third kappa shape index (κ3) is 3.64. The normalized spacial score (nSPS) is 10.4. The maximum Gasteiger partial charge on any atom is 0.396 e. The van der Waals surface area contributed by atoms with E-state index >= 15 is 0 Å². The van der Waals surface area contributed by atoms with Gasteiger partial charge in [0.25, 0.3) is 0 Å². The van der Waals surface area contributed by atoms with Gasteiger partial charge in [-0.1, -0.05) is 38.0 Å². The van der Waals surface area contributed by atoms with Gasteiger partial charge in [-0.3, -0.25) is 0 Å². The van der Waals surface area contributed by atoms with Crippen molar-refractivity contribution in [2.24, 2.45) is 0 Å². The molecule has 0 radical (unpaired) electrons. The van der Waals surface area contributed by atoms with E-state index in [1.807, 2.05) is 30.3 Å². The fraction of sp³-hybridized carbons (Fsp3) is 0.357. The van der Waals surface area contributed by atoms with Crippen LogP contribution in [0.5, 0.6) is 0 Å². The number of ether oxygens (including phenoxy) is 1. The van der Waals surface area contributed by atoms with Crippen molar-refractivity contribution in [1.29, 1.82) is 0 Å². The van der Waals surface area contributed by atoms with Gasteiger partial charge in [0.05, 0.1) is 6.61 Å². The molecule has 0 aliphatic rings. The second-order valence-electron chi connectivity index (χ2n) is 4.12. The Morgan fingerprint density at radius 3 is 2.74 bits per heavy atom. The smallest absolute Gasteiger partial charge is 0.396 e. The lowest BCUT2D eigenvalue weighted by Gasteiger charge is -2.00. The number of carbonyl (C=O) groups is 1. The molecule has 0 bridgehead atoms. The molecule has 0 saturated carbocycles. The summed E-state index contributed by atoms with van der Waals surface area (Å²) in [6, 6.07) is 9.29. The summed E-state index contributed by atoms with van der Waals surface area (Å²) in [4.78, 5) is 11.6. The Kier molecular flexibility index (Phi) is 4.66. The Bertz CT molecular complexity index is 522. The summed E-state index contributed by atoms with van der Waals surface area (Å²) in [5.41, 5.74) is 0.778. The van der Waals surface area contributed by atoms with E-state index in [0.29, 0.717) is 12.5 Å². The zero-order valence-electron chi connectivity index (χ0n) is 10.8. The first-order valence-electron chi connectivity index (χ1n) is 6.37. The van der Waals surface area contributed by atoms with Gasteiger partial charge in [-0.15, -0.1) is 10.2 Å². The summed E-state index contributed by atoms with van der Waals surface area (Å²) in [6.45, 7) is 2.47. The second-order valence-corrected chi connectivity index (χ2v) is 4.12. The Morgan fingerprint density at radius 1 is 1.21 bits per heavy atom. The molecule has 0 amide bonds. The minimum Gasteiger partial charge on any atom is -0.459 e. The molecule has 0 spiro atoms. The predicted molar refractivity (Wildman–Crippen MR) is 69.5 cm³/mol. The number of carbonyl (C=O) groups excluding carboxylic acids is 1. The van der Waals surface area contributed by atoms with Crippen molar-refractivity contribution < 1.29 is 13.9 Å². The molecule has 1 aromatic carbocycles. The molecule has 0 saturated heterocycles. The fourth-order valence-corrected chi connectivity index (χ4v) is 1.58. The molecule has 0 N–H and O–H groups in total. The van der Waals surface area contributed by atoms with Crippen molar-refractivity contribution in [2.45, 2.75) is 26.2 Å². The average molecular weight is 260 g/mol. The SMILES string of the molecule is CCCCCOC(=O)c1nnc(-c2ccccc2)o1. The van der Waals surface area contributed by atoms with Crippen LogP contribution in [-0.4, -0.2) is 22.8 Å². The first kappa shape index (κ1) is 13.3. The Morgan fingerprint density at radius 2 is 2.00 bits per heavy atom. The predicted octanol–water partition coefficient (Wildman–Crippen LogP) is 3.08. The first-order valence-corrected chi connectivity index (χ1v) is 6.37. The molecule has 1 aromatic heterocycles. The Balaban J connectivity index is 1.95. The van der Waals surface area contributed by atoms with E-state index in [4.69, 9.17) is 9.15 Å². The van der Waals surface area contributed by atoms with Crippen molar-refractivity contribution in [2.75, 3.05) is 6.61 Å². The van der Waals surface area contributed by atoms with Gasteiger partial charge in [-0.2, -0.15) is 0 Å². The van der Waals surface area contributed by atoms with Crippen LogP contribution in [0.15, 0.2) is 34.7 Å². The molecule has 100 valence electrons. The van der Waals surface area contributed by atoms with Crippen LogP contribution in [0.2, 0.25) is 0 Å². The van der Waals surface area contributed by atoms with E-state index in [1.54, 1.807) is 0 Å². The highest BCUT2D eigenvalue weighted by Gasteiger charge is 2.16. The molecule has 0 fully saturated rings. The van der Waals surface area contributed by atoms with Crippen molar-refractivity contribution in [1.82, 2.24) is 10.2 Å². The second kappa shape index (κ2) is 6.68. The summed E-state index contributed by atoms with van der Waals surface area (Å²) >= 11 is 0. The molecule has 0 aliphatic carbocycles. The minimum absolute atomic E-state index is 0.102. The molecular formula is C14H16N2O3. The number of benzene rings is 1. The van der Waals surface area contributed by atoms with Crippen LogP contribution in [0.1, 0.15) is 36.9 Å². The van der Waals surface area contributed by atoms with Crippen LogP contribution >= 0.6 is 0 Å². The zero-order valence-corrected chi connectivity index (χ0v) is 10.8. The number of rotatable bonds is 6. The molecule has 5 heteroatoms. The number of nitrogens with zero attached hydrogens (tertiary/aromatic N) is 2. The van der Waals surface area contributed by atoms with Gasteiger partial charge in [0.15, 0.2) is 0 Å². The molecule has 0 atom stereocenters. The van der Waals surface area contributed by atoms with Gasteiger partial charge in [-0.05, 0) is 18.6 Å². The number of aromatic nitrogens is 2. The standard InChI is InChI=1S/C14H16N2O3/c1-2-3-7-10-18-14(17)13-16-15-12(19-13)11-8-5-4-6-9-11/h4-6,8-9H,2-3,7,10H2,1H3. The van der Waals surface area contributed by atoms with Crippen LogP contribution in [-0.2, 0) is 4.74 Å². The topological polar surface area (TPSA) is 65.2 Å². The van der Waals surface area contributed by atoms with Crippen molar-refractivity contribution in [3.63, 3.8) is 0 Å². The highest BCUT2D eigenvalue weighted by atomic mass is 16.5. The quantitative estimate of drug-likeness (QED) is 0.590. The van der Waals surface area contributed by atoms with Gasteiger partial charge in [0.2, 0.25) is 5.89 Å². The van der Waals surface area contributed by atoms with Gasteiger partial charge in [0, 0.05) is 5.56 Å². The van der Waals surface area contributed by atoms with E-state index in [-0.39, 0.29) is 5.89 Å². The molecule has 0 unspecified atom stereocenters. The molecule has 0 aliphatic heterocycles. The van der Waals surface area contributed by atoms with Crippen LogP contribution in [0.3, 0.4) is 0 Å². The maximum absolute atomic E-state index is 11.6. The monoisotopic (exact) mass is 260 g/mol. The van der Waals surface area contributed by atoms with E-state index in [2.05, 4.69) is 17.1 Å². The van der Waals surface area contributed by atoms with Gasteiger partial charge >= 0.3 is 11.9 Å².